The SMILES string of the molecule is CCNCc1cccc(OCC)c1OCCC(=O)NC. The average Bonchev–Trinajstić information content (AvgIpc) is 2.47. The highest BCUT2D eigenvalue weighted by Crippen LogP contribution is 2.31. The van der Waals surface area contributed by atoms with Crippen molar-refractivity contribution in [2.75, 3.05) is 26.8 Å². The first-order valence-electron chi connectivity index (χ1n) is 7.01. The number of carbonyl (C=O) groups is 1. The van der Waals surface area contributed by atoms with E-state index >= 15 is 0 Å². The Labute approximate surface area is 120 Å². The van der Waals surface area contributed by atoms with Crippen molar-refractivity contribution in [1.82, 2.24) is 10.6 Å². The second kappa shape index (κ2) is 9.20. The summed E-state index contributed by atoms with van der Waals surface area (Å²) < 4.78 is 11.4. The van der Waals surface area contributed by atoms with E-state index < -0.39 is 0 Å². The highest BCUT2D eigenvalue weighted by atomic mass is 16.5. The van der Waals surface area contributed by atoms with Gasteiger partial charge in [-0.05, 0) is 19.5 Å². The van der Waals surface area contributed by atoms with Crippen LogP contribution >= 0.6 is 0 Å². The van der Waals surface area contributed by atoms with Gasteiger partial charge in [-0.2, -0.15) is 0 Å². The average molecular weight is 280 g/mol. The molecule has 112 valence electrons. The predicted molar refractivity (Wildman–Crippen MR) is 79.2 cm³/mol. The number of carbonyl (C=O) groups excluding carboxylic acids is 1. The lowest BCUT2D eigenvalue weighted by atomic mass is 10.2. The van der Waals surface area contributed by atoms with E-state index in [1.165, 1.54) is 0 Å². The van der Waals surface area contributed by atoms with E-state index in [-0.39, 0.29) is 5.91 Å². The molecule has 0 unspecified atom stereocenters. The number of para-hydroxylation sites is 1. The van der Waals surface area contributed by atoms with Gasteiger partial charge in [0, 0.05) is 19.2 Å². The Kier molecular flexibility index (Phi) is 7.50. The molecule has 0 aliphatic carbocycles. The van der Waals surface area contributed by atoms with Crippen LogP contribution in [0.5, 0.6) is 11.5 Å². The molecule has 1 aromatic carbocycles. The van der Waals surface area contributed by atoms with Gasteiger partial charge in [0.05, 0.1) is 19.6 Å². The second-order valence-corrected chi connectivity index (χ2v) is 4.23. The van der Waals surface area contributed by atoms with E-state index in [0.717, 1.165) is 23.6 Å². The van der Waals surface area contributed by atoms with Crippen LogP contribution in [0.3, 0.4) is 0 Å². The summed E-state index contributed by atoms with van der Waals surface area (Å²) in [6.45, 7) is 6.51. The minimum absolute atomic E-state index is 0.0351. The van der Waals surface area contributed by atoms with Gasteiger partial charge in [0.2, 0.25) is 5.91 Å². The van der Waals surface area contributed by atoms with E-state index in [2.05, 4.69) is 17.6 Å². The van der Waals surface area contributed by atoms with Crippen molar-refractivity contribution in [2.24, 2.45) is 0 Å². The summed E-state index contributed by atoms with van der Waals surface area (Å²) in [5.41, 5.74) is 1.04. The maximum atomic E-state index is 11.2. The summed E-state index contributed by atoms with van der Waals surface area (Å²) in [7, 11) is 1.62. The maximum Gasteiger partial charge on any atom is 0.223 e. The molecule has 1 rings (SSSR count). The number of hydrogen-bond acceptors (Lipinski definition) is 4. The highest BCUT2D eigenvalue weighted by Gasteiger charge is 2.11. The van der Waals surface area contributed by atoms with Crippen LogP contribution in [-0.4, -0.2) is 32.7 Å². The van der Waals surface area contributed by atoms with Gasteiger partial charge in [0.25, 0.3) is 0 Å². The Hall–Kier alpha value is -1.75. The molecule has 0 spiro atoms. The van der Waals surface area contributed by atoms with Gasteiger partial charge in [-0.3, -0.25) is 4.79 Å². The van der Waals surface area contributed by atoms with Crippen LogP contribution in [0.25, 0.3) is 0 Å². The van der Waals surface area contributed by atoms with Crippen LogP contribution in [-0.2, 0) is 11.3 Å². The van der Waals surface area contributed by atoms with Crippen LogP contribution in [0.2, 0.25) is 0 Å². The van der Waals surface area contributed by atoms with Crippen molar-refractivity contribution >= 4 is 5.91 Å². The summed E-state index contributed by atoms with van der Waals surface area (Å²) in [4.78, 5) is 11.2. The topological polar surface area (TPSA) is 59.6 Å². The number of nitrogens with one attached hydrogen (secondary N) is 2. The standard InChI is InChI=1S/C15H24N2O3/c1-4-17-11-12-7-6-8-13(19-5-2)15(12)20-10-9-14(18)16-3/h6-8,17H,4-5,9-11H2,1-3H3,(H,16,18). The Morgan fingerprint density at radius 2 is 2.05 bits per heavy atom. The number of amides is 1. The Morgan fingerprint density at radius 1 is 1.25 bits per heavy atom. The van der Waals surface area contributed by atoms with Crippen LogP contribution in [0.1, 0.15) is 25.8 Å². The fourth-order valence-electron chi connectivity index (χ4n) is 1.76. The molecule has 5 heteroatoms. The zero-order valence-electron chi connectivity index (χ0n) is 12.5. The van der Waals surface area contributed by atoms with Crippen molar-refractivity contribution in [3.8, 4) is 11.5 Å². The molecule has 0 heterocycles. The van der Waals surface area contributed by atoms with Crippen molar-refractivity contribution in [2.45, 2.75) is 26.8 Å². The number of benzene rings is 1. The molecule has 0 atom stereocenters. The smallest absolute Gasteiger partial charge is 0.223 e. The minimum atomic E-state index is -0.0351. The molecule has 0 bridgehead atoms. The monoisotopic (exact) mass is 280 g/mol. The maximum absolute atomic E-state index is 11.2. The van der Waals surface area contributed by atoms with E-state index in [0.29, 0.717) is 26.2 Å². The minimum Gasteiger partial charge on any atom is -0.490 e. The van der Waals surface area contributed by atoms with Gasteiger partial charge in [0.1, 0.15) is 0 Å². The van der Waals surface area contributed by atoms with E-state index in [1.807, 2.05) is 25.1 Å². The van der Waals surface area contributed by atoms with Crippen LogP contribution < -0.4 is 20.1 Å². The molecule has 20 heavy (non-hydrogen) atoms. The zero-order valence-corrected chi connectivity index (χ0v) is 12.5. The molecular weight excluding hydrogens is 256 g/mol. The number of ether oxygens (including phenoxy) is 2. The van der Waals surface area contributed by atoms with E-state index in [1.54, 1.807) is 7.05 Å². The molecule has 2 N–H and O–H groups in total. The molecule has 0 aromatic heterocycles. The lowest BCUT2D eigenvalue weighted by Crippen LogP contribution is -2.20. The van der Waals surface area contributed by atoms with Gasteiger partial charge in [-0.15, -0.1) is 0 Å². The van der Waals surface area contributed by atoms with Crippen molar-refractivity contribution in [1.29, 1.82) is 0 Å². The van der Waals surface area contributed by atoms with Gasteiger partial charge < -0.3 is 20.1 Å². The second-order valence-electron chi connectivity index (χ2n) is 4.23. The summed E-state index contributed by atoms with van der Waals surface area (Å²) in [6, 6.07) is 5.83. The van der Waals surface area contributed by atoms with Gasteiger partial charge >= 0.3 is 0 Å². The van der Waals surface area contributed by atoms with Gasteiger partial charge in [0.15, 0.2) is 11.5 Å². The molecule has 0 saturated carbocycles. The van der Waals surface area contributed by atoms with Gasteiger partial charge in [-0.25, -0.2) is 0 Å². The van der Waals surface area contributed by atoms with E-state index in [4.69, 9.17) is 9.47 Å². The molecule has 0 saturated heterocycles. The summed E-state index contributed by atoms with van der Waals surface area (Å²) >= 11 is 0. The zero-order chi connectivity index (χ0) is 14.8. The first kappa shape index (κ1) is 16.3. The van der Waals surface area contributed by atoms with Gasteiger partial charge in [-0.1, -0.05) is 19.1 Å². The number of rotatable bonds is 9. The number of hydrogen-bond donors (Lipinski definition) is 2. The fraction of sp³-hybridized carbons (Fsp3) is 0.533. The molecule has 1 aromatic rings. The third-order valence-corrected chi connectivity index (χ3v) is 2.78. The van der Waals surface area contributed by atoms with Crippen molar-refractivity contribution in [3.05, 3.63) is 23.8 Å². The first-order valence-corrected chi connectivity index (χ1v) is 7.01. The molecule has 1 amide bonds. The normalized spacial score (nSPS) is 10.2. The third-order valence-electron chi connectivity index (χ3n) is 2.78. The first-order chi connectivity index (χ1) is 9.72. The quantitative estimate of drug-likeness (QED) is 0.723. The van der Waals surface area contributed by atoms with Crippen LogP contribution in [0.15, 0.2) is 18.2 Å². The largest absolute Gasteiger partial charge is 0.490 e. The lowest BCUT2D eigenvalue weighted by Gasteiger charge is -2.16. The molecular formula is C15H24N2O3. The predicted octanol–water partition coefficient (Wildman–Crippen LogP) is 1.71. The molecule has 5 nitrogen and oxygen atoms in total. The van der Waals surface area contributed by atoms with Crippen LogP contribution in [0.4, 0.5) is 0 Å². The molecule has 0 radical (unpaired) electrons. The summed E-state index contributed by atoms with van der Waals surface area (Å²) in [6.07, 6.45) is 0.331. The van der Waals surface area contributed by atoms with Crippen molar-refractivity contribution < 1.29 is 14.3 Å². The molecule has 0 fully saturated rings. The Morgan fingerprint density at radius 3 is 2.70 bits per heavy atom. The van der Waals surface area contributed by atoms with Crippen molar-refractivity contribution in [3.63, 3.8) is 0 Å². The lowest BCUT2D eigenvalue weighted by molar-refractivity contribution is -0.121. The molecule has 0 aliphatic heterocycles. The highest BCUT2D eigenvalue weighted by molar-refractivity contribution is 5.75. The molecule has 0 aliphatic rings. The summed E-state index contributed by atoms with van der Waals surface area (Å²) in [5.74, 6) is 1.41. The summed E-state index contributed by atoms with van der Waals surface area (Å²) in [5, 5.41) is 5.85. The third kappa shape index (κ3) is 5.09. The fourth-order valence-corrected chi connectivity index (χ4v) is 1.76. The van der Waals surface area contributed by atoms with E-state index in [9.17, 15) is 4.79 Å². The Balaban J connectivity index is 2.78. The van der Waals surface area contributed by atoms with Crippen LogP contribution in [0, 0.1) is 0 Å². The Bertz CT molecular complexity index is 422.